The molecule has 0 heterocycles. The van der Waals surface area contributed by atoms with E-state index in [1.807, 2.05) is 0 Å². The van der Waals surface area contributed by atoms with Crippen LogP contribution in [0.4, 0.5) is 0 Å². The summed E-state index contributed by atoms with van der Waals surface area (Å²) in [4.78, 5) is 11.9. The number of aliphatic hydroxyl groups excluding tert-OH is 1. The Balaban J connectivity index is 1.67. The fraction of sp³-hybridized carbons (Fsp3) is 0.929. The zero-order chi connectivity index (χ0) is 12.1. The van der Waals surface area contributed by atoms with E-state index < -0.39 is 0 Å². The van der Waals surface area contributed by atoms with Crippen LogP contribution in [0.2, 0.25) is 0 Å². The van der Waals surface area contributed by atoms with Crippen LogP contribution in [-0.4, -0.2) is 23.7 Å². The van der Waals surface area contributed by atoms with E-state index in [0.29, 0.717) is 12.5 Å². The minimum absolute atomic E-state index is 0.168. The summed E-state index contributed by atoms with van der Waals surface area (Å²) in [5.41, 5.74) is 0. The average molecular weight is 239 g/mol. The van der Waals surface area contributed by atoms with Crippen molar-refractivity contribution in [2.45, 2.75) is 63.9 Å². The predicted octanol–water partition coefficient (Wildman–Crippen LogP) is 2.23. The smallest absolute Gasteiger partial charge is 0.223 e. The first-order chi connectivity index (χ1) is 8.27. The summed E-state index contributed by atoms with van der Waals surface area (Å²) in [6.07, 6.45) is 10.1. The minimum Gasteiger partial charge on any atom is -0.391 e. The van der Waals surface area contributed by atoms with Gasteiger partial charge in [0.05, 0.1) is 6.10 Å². The van der Waals surface area contributed by atoms with Gasteiger partial charge in [0.1, 0.15) is 0 Å². The second-order valence-corrected chi connectivity index (χ2v) is 5.69. The topological polar surface area (TPSA) is 49.3 Å². The van der Waals surface area contributed by atoms with Crippen molar-refractivity contribution in [2.75, 3.05) is 6.54 Å². The molecule has 1 unspecified atom stereocenters. The lowest BCUT2D eigenvalue weighted by Crippen LogP contribution is -2.39. The van der Waals surface area contributed by atoms with Crippen molar-refractivity contribution >= 4 is 5.91 Å². The second kappa shape index (κ2) is 6.39. The van der Waals surface area contributed by atoms with E-state index in [-0.39, 0.29) is 17.9 Å². The number of aliphatic hydroxyl groups is 1. The zero-order valence-corrected chi connectivity index (χ0v) is 10.7. The summed E-state index contributed by atoms with van der Waals surface area (Å²) in [6, 6.07) is 0. The molecule has 3 nitrogen and oxygen atoms in total. The van der Waals surface area contributed by atoms with Crippen molar-refractivity contribution in [3.8, 4) is 0 Å². The molecule has 2 rings (SSSR count). The standard InChI is InChI=1S/C14H25NO2/c16-13(11-6-4-5-7-11)10-15-14(17)12-8-2-1-3-9-12/h11-13,16H,1-10H2,(H,15,17). The van der Waals surface area contributed by atoms with Crippen LogP contribution >= 0.6 is 0 Å². The molecule has 17 heavy (non-hydrogen) atoms. The number of hydrogen-bond donors (Lipinski definition) is 2. The Labute approximate surface area is 104 Å². The van der Waals surface area contributed by atoms with Crippen molar-refractivity contribution in [1.29, 1.82) is 0 Å². The minimum atomic E-state index is -0.329. The van der Waals surface area contributed by atoms with Crippen LogP contribution in [-0.2, 0) is 4.79 Å². The molecule has 1 amide bonds. The third kappa shape index (κ3) is 3.70. The monoisotopic (exact) mass is 239 g/mol. The van der Waals surface area contributed by atoms with Gasteiger partial charge in [-0.1, -0.05) is 32.1 Å². The third-order valence-electron chi connectivity index (χ3n) is 4.41. The van der Waals surface area contributed by atoms with Gasteiger partial charge in [0.15, 0.2) is 0 Å². The van der Waals surface area contributed by atoms with Crippen LogP contribution in [0.5, 0.6) is 0 Å². The molecule has 0 bridgehead atoms. The molecule has 0 radical (unpaired) electrons. The fourth-order valence-electron chi connectivity index (χ4n) is 3.22. The Morgan fingerprint density at radius 1 is 1.06 bits per heavy atom. The molecule has 2 fully saturated rings. The van der Waals surface area contributed by atoms with E-state index >= 15 is 0 Å². The highest BCUT2D eigenvalue weighted by Crippen LogP contribution is 2.27. The van der Waals surface area contributed by atoms with Crippen LogP contribution < -0.4 is 5.32 Å². The number of carbonyl (C=O) groups excluding carboxylic acids is 1. The highest BCUT2D eigenvalue weighted by molar-refractivity contribution is 5.78. The molecule has 2 N–H and O–H groups in total. The highest BCUT2D eigenvalue weighted by Gasteiger charge is 2.25. The molecule has 2 aliphatic rings. The van der Waals surface area contributed by atoms with Crippen LogP contribution in [0.3, 0.4) is 0 Å². The Kier molecular flexibility index (Phi) is 4.84. The maximum atomic E-state index is 11.9. The lowest BCUT2D eigenvalue weighted by atomic mass is 9.88. The summed E-state index contributed by atoms with van der Waals surface area (Å²) >= 11 is 0. The predicted molar refractivity (Wildman–Crippen MR) is 67.5 cm³/mol. The number of rotatable bonds is 4. The number of carbonyl (C=O) groups is 1. The second-order valence-electron chi connectivity index (χ2n) is 5.69. The Morgan fingerprint density at radius 3 is 2.29 bits per heavy atom. The molecule has 0 aromatic heterocycles. The van der Waals surface area contributed by atoms with Crippen LogP contribution in [0, 0.1) is 11.8 Å². The molecular weight excluding hydrogens is 214 g/mol. The maximum absolute atomic E-state index is 11.9. The van der Waals surface area contributed by atoms with E-state index in [2.05, 4.69) is 5.32 Å². The van der Waals surface area contributed by atoms with Crippen molar-refractivity contribution < 1.29 is 9.90 Å². The number of hydrogen-bond acceptors (Lipinski definition) is 2. The molecule has 1 atom stereocenters. The van der Waals surface area contributed by atoms with Gasteiger partial charge in [0.25, 0.3) is 0 Å². The summed E-state index contributed by atoms with van der Waals surface area (Å²) in [5, 5.41) is 12.9. The lowest BCUT2D eigenvalue weighted by Gasteiger charge is -2.23. The Hall–Kier alpha value is -0.570. The molecule has 0 aromatic rings. The quantitative estimate of drug-likeness (QED) is 0.790. The highest BCUT2D eigenvalue weighted by atomic mass is 16.3. The van der Waals surface area contributed by atoms with Gasteiger partial charge in [-0.25, -0.2) is 0 Å². The van der Waals surface area contributed by atoms with Gasteiger partial charge in [0.2, 0.25) is 5.91 Å². The molecule has 2 aliphatic carbocycles. The van der Waals surface area contributed by atoms with Gasteiger partial charge in [0, 0.05) is 12.5 Å². The molecule has 0 spiro atoms. The zero-order valence-electron chi connectivity index (χ0n) is 10.7. The average Bonchev–Trinajstić information content (AvgIpc) is 2.90. The first-order valence-corrected chi connectivity index (χ1v) is 7.23. The summed E-state index contributed by atoms with van der Waals surface area (Å²) < 4.78 is 0. The van der Waals surface area contributed by atoms with E-state index in [1.54, 1.807) is 0 Å². The number of amides is 1. The molecule has 2 saturated carbocycles. The van der Waals surface area contributed by atoms with Crippen LogP contribution in [0.25, 0.3) is 0 Å². The van der Waals surface area contributed by atoms with Gasteiger partial charge >= 0.3 is 0 Å². The van der Waals surface area contributed by atoms with Crippen LogP contribution in [0.15, 0.2) is 0 Å². The van der Waals surface area contributed by atoms with Crippen molar-refractivity contribution in [1.82, 2.24) is 5.32 Å². The first kappa shape index (κ1) is 12.9. The molecule has 0 saturated heterocycles. The van der Waals surface area contributed by atoms with Crippen molar-refractivity contribution in [2.24, 2.45) is 11.8 Å². The van der Waals surface area contributed by atoms with Gasteiger partial charge in [-0.3, -0.25) is 4.79 Å². The molecule has 0 aromatic carbocycles. The third-order valence-corrected chi connectivity index (χ3v) is 4.41. The first-order valence-electron chi connectivity index (χ1n) is 7.23. The van der Waals surface area contributed by atoms with Gasteiger partial charge in [-0.2, -0.15) is 0 Å². The Bertz CT molecular complexity index is 243. The van der Waals surface area contributed by atoms with E-state index in [9.17, 15) is 9.90 Å². The largest absolute Gasteiger partial charge is 0.391 e. The summed E-state index contributed by atoms with van der Waals surface area (Å²) in [5.74, 6) is 0.794. The Morgan fingerprint density at radius 2 is 1.65 bits per heavy atom. The normalized spacial score (nSPS) is 24.8. The van der Waals surface area contributed by atoms with E-state index in [4.69, 9.17) is 0 Å². The SMILES string of the molecule is O=C(NCC(O)C1CCCC1)C1CCCCC1. The number of nitrogens with one attached hydrogen (secondary N) is 1. The molecule has 3 heteroatoms. The maximum Gasteiger partial charge on any atom is 0.223 e. The van der Waals surface area contributed by atoms with Gasteiger partial charge < -0.3 is 10.4 Å². The molecule has 0 aliphatic heterocycles. The van der Waals surface area contributed by atoms with Crippen molar-refractivity contribution in [3.63, 3.8) is 0 Å². The van der Waals surface area contributed by atoms with Gasteiger partial charge in [-0.05, 0) is 31.6 Å². The van der Waals surface area contributed by atoms with Gasteiger partial charge in [-0.15, -0.1) is 0 Å². The summed E-state index contributed by atoms with van der Waals surface area (Å²) in [6.45, 7) is 0.458. The van der Waals surface area contributed by atoms with Crippen molar-refractivity contribution in [3.05, 3.63) is 0 Å². The lowest BCUT2D eigenvalue weighted by molar-refractivity contribution is -0.126. The van der Waals surface area contributed by atoms with E-state index in [1.165, 1.54) is 32.1 Å². The fourth-order valence-corrected chi connectivity index (χ4v) is 3.22. The van der Waals surface area contributed by atoms with E-state index in [0.717, 1.165) is 25.7 Å². The molecular formula is C14H25NO2. The van der Waals surface area contributed by atoms with Crippen LogP contribution in [0.1, 0.15) is 57.8 Å². The summed E-state index contributed by atoms with van der Waals surface area (Å²) in [7, 11) is 0. The molecule has 98 valence electrons.